The van der Waals surface area contributed by atoms with Crippen molar-refractivity contribution in [1.29, 1.82) is 0 Å². The zero-order chi connectivity index (χ0) is 27.8. The third kappa shape index (κ3) is 3.95. The van der Waals surface area contributed by atoms with E-state index in [2.05, 4.69) is 17.4 Å². The number of barbiturate groups is 1. The fourth-order valence-corrected chi connectivity index (χ4v) is 8.63. The Morgan fingerprint density at radius 2 is 1.52 bits per heavy atom. The molecule has 7 heteroatoms. The minimum absolute atomic E-state index is 0.0795. The quantitative estimate of drug-likeness (QED) is 0.283. The Balaban J connectivity index is 1.20. The third-order valence-corrected chi connectivity index (χ3v) is 10.1. The molecule has 204 valence electrons. The van der Waals surface area contributed by atoms with Crippen LogP contribution in [0.4, 0.5) is 10.5 Å². The van der Waals surface area contributed by atoms with Gasteiger partial charge in [-0.15, -0.1) is 0 Å². The number of anilines is 1. The molecule has 2 aromatic carbocycles. The van der Waals surface area contributed by atoms with E-state index in [0.717, 1.165) is 39.7 Å². The van der Waals surface area contributed by atoms with E-state index in [1.54, 1.807) is 6.08 Å². The van der Waals surface area contributed by atoms with E-state index >= 15 is 0 Å². The van der Waals surface area contributed by atoms with Crippen molar-refractivity contribution in [3.63, 3.8) is 0 Å². The minimum atomic E-state index is -0.726. The molecular formula is C33H32ClN3O3. The van der Waals surface area contributed by atoms with Crippen molar-refractivity contribution in [3.8, 4) is 5.69 Å². The number of imide groups is 2. The fraction of sp³-hybridized carbons (Fsp3) is 0.364. The summed E-state index contributed by atoms with van der Waals surface area (Å²) >= 11 is 6.45. The molecule has 4 bridgehead atoms. The molecule has 4 amide bonds. The van der Waals surface area contributed by atoms with Gasteiger partial charge >= 0.3 is 6.03 Å². The summed E-state index contributed by atoms with van der Waals surface area (Å²) in [4.78, 5) is 40.5. The number of aromatic nitrogens is 1. The van der Waals surface area contributed by atoms with E-state index in [-0.39, 0.29) is 11.0 Å². The highest BCUT2D eigenvalue weighted by atomic mass is 35.5. The first kappa shape index (κ1) is 25.3. The molecule has 0 radical (unpaired) electrons. The number of carbonyl (C=O) groups is 3. The first-order chi connectivity index (χ1) is 19.2. The van der Waals surface area contributed by atoms with Crippen LogP contribution in [0.2, 0.25) is 5.02 Å². The smallest absolute Gasteiger partial charge is 0.316 e. The van der Waals surface area contributed by atoms with Crippen LogP contribution in [0.15, 0.2) is 60.2 Å². The Hall–Kier alpha value is -3.64. The highest BCUT2D eigenvalue weighted by Gasteiger charge is 2.51. The van der Waals surface area contributed by atoms with Gasteiger partial charge in [0, 0.05) is 11.4 Å². The number of halogens is 1. The molecule has 3 aromatic rings. The van der Waals surface area contributed by atoms with Gasteiger partial charge in [-0.1, -0.05) is 35.9 Å². The molecule has 4 aliphatic carbocycles. The van der Waals surface area contributed by atoms with Gasteiger partial charge < -0.3 is 4.57 Å². The van der Waals surface area contributed by atoms with Gasteiger partial charge in [0.2, 0.25) is 0 Å². The van der Waals surface area contributed by atoms with Crippen LogP contribution >= 0.6 is 11.6 Å². The molecule has 4 saturated carbocycles. The van der Waals surface area contributed by atoms with Gasteiger partial charge in [0.05, 0.1) is 16.4 Å². The zero-order valence-electron chi connectivity index (χ0n) is 22.7. The average Bonchev–Trinajstić information content (AvgIpc) is 3.18. The molecule has 0 atom stereocenters. The molecule has 2 heterocycles. The molecule has 0 spiro atoms. The molecule has 1 aliphatic heterocycles. The van der Waals surface area contributed by atoms with Gasteiger partial charge in [-0.2, -0.15) is 0 Å². The van der Waals surface area contributed by atoms with Crippen molar-refractivity contribution in [1.82, 2.24) is 9.88 Å². The lowest BCUT2D eigenvalue weighted by Gasteiger charge is -2.57. The minimum Gasteiger partial charge on any atom is -0.316 e. The largest absolute Gasteiger partial charge is 0.335 e. The number of amides is 4. The summed E-state index contributed by atoms with van der Waals surface area (Å²) in [5, 5.41) is 2.97. The molecule has 1 aromatic heterocycles. The Bertz CT molecular complexity index is 1560. The lowest BCUT2D eigenvalue weighted by molar-refractivity contribution is -0.122. The molecular weight excluding hydrogens is 522 g/mol. The van der Waals surface area contributed by atoms with E-state index in [1.165, 1.54) is 44.1 Å². The maximum absolute atomic E-state index is 13.6. The van der Waals surface area contributed by atoms with Crippen molar-refractivity contribution < 1.29 is 14.4 Å². The van der Waals surface area contributed by atoms with Crippen LogP contribution in [0.25, 0.3) is 11.8 Å². The summed E-state index contributed by atoms with van der Waals surface area (Å²) in [5.41, 5.74) is 5.21. The second-order valence-corrected chi connectivity index (χ2v) is 12.7. The van der Waals surface area contributed by atoms with Crippen LogP contribution in [0.3, 0.4) is 0 Å². The number of urea groups is 1. The lowest BCUT2D eigenvalue weighted by atomic mass is 9.48. The highest BCUT2D eigenvalue weighted by Crippen LogP contribution is 2.60. The summed E-state index contributed by atoms with van der Waals surface area (Å²) in [5.74, 6) is 1.18. The first-order valence-corrected chi connectivity index (χ1v) is 14.6. The van der Waals surface area contributed by atoms with Crippen molar-refractivity contribution in [2.24, 2.45) is 17.8 Å². The van der Waals surface area contributed by atoms with Crippen LogP contribution in [-0.2, 0) is 15.0 Å². The molecule has 0 unspecified atom stereocenters. The predicted octanol–water partition coefficient (Wildman–Crippen LogP) is 6.88. The lowest BCUT2D eigenvalue weighted by Crippen LogP contribution is -2.54. The Labute approximate surface area is 239 Å². The van der Waals surface area contributed by atoms with Gasteiger partial charge in [-0.05, 0) is 123 Å². The number of hydrogen-bond acceptors (Lipinski definition) is 3. The number of carbonyl (C=O) groups excluding carboxylic acids is 3. The number of nitrogens with one attached hydrogen (secondary N) is 1. The summed E-state index contributed by atoms with van der Waals surface area (Å²) in [6.07, 6.45) is 9.44. The SMILES string of the molecule is Cc1cc(/C=C2\C(=O)NC(=O)N(c3ccc(C45CC6CC(CC(C6)C4)C5)cc3)C2=O)c(C)n1-c1ccccc1Cl. The average molecular weight is 554 g/mol. The number of para-hydroxylation sites is 1. The standard InChI is InChI=1S/C33H32ClN3O3/c1-19-11-24(20(2)36(19)29-6-4-3-5-28(29)34)15-27-30(38)35-32(40)37(31(27)39)26-9-7-25(8-10-26)33-16-21-12-22(17-33)14-23(13-21)18-33/h3-11,15,21-23H,12-14,16-18H2,1-2H3,(H,35,38,40)/b27-15+. The van der Waals surface area contributed by atoms with Crippen molar-refractivity contribution in [3.05, 3.63) is 87.7 Å². The Morgan fingerprint density at radius 1 is 0.900 bits per heavy atom. The number of rotatable bonds is 4. The second-order valence-electron chi connectivity index (χ2n) is 12.3. The maximum Gasteiger partial charge on any atom is 0.335 e. The summed E-state index contributed by atoms with van der Waals surface area (Å²) in [6.45, 7) is 3.86. The van der Waals surface area contributed by atoms with Gasteiger partial charge in [-0.25, -0.2) is 9.69 Å². The van der Waals surface area contributed by atoms with Crippen LogP contribution in [0, 0.1) is 31.6 Å². The second kappa shape index (κ2) is 9.20. The normalized spacial score (nSPS) is 28.5. The van der Waals surface area contributed by atoms with E-state index < -0.39 is 17.8 Å². The van der Waals surface area contributed by atoms with Gasteiger partial charge in [0.1, 0.15) is 5.57 Å². The monoisotopic (exact) mass is 553 g/mol. The molecule has 40 heavy (non-hydrogen) atoms. The molecule has 1 N–H and O–H groups in total. The summed E-state index contributed by atoms with van der Waals surface area (Å²) in [6, 6.07) is 16.6. The van der Waals surface area contributed by atoms with Crippen molar-refractivity contribution in [2.75, 3.05) is 4.90 Å². The number of hydrogen-bond donors (Lipinski definition) is 1. The molecule has 5 fully saturated rings. The van der Waals surface area contributed by atoms with Crippen LogP contribution < -0.4 is 10.2 Å². The number of nitrogens with zero attached hydrogens (tertiary/aromatic N) is 2. The molecule has 1 saturated heterocycles. The Morgan fingerprint density at radius 3 is 2.15 bits per heavy atom. The number of benzene rings is 2. The van der Waals surface area contributed by atoms with E-state index in [4.69, 9.17) is 11.6 Å². The molecule has 8 rings (SSSR count). The van der Waals surface area contributed by atoms with Gasteiger partial charge in [-0.3, -0.25) is 14.9 Å². The zero-order valence-corrected chi connectivity index (χ0v) is 23.5. The number of aryl methyl sites for hydroxylation is 1. The van der Waals surface area contributed by atoms with Crippen LogP contribution in [0.1, 0.15) is 61.0 Å². The van der Waals surface area contributed by atoms with Crippen molar-refractivity contribution in [2.45, 2.75) is 57.8 Å². The van der Waals surface area contributed by atoms with Gasteiger partial charge in [0.15, 0.2) is 0 Å². The fourth-order valence-electron chi connectivity index (χ4n) is 8.41. The summed E-state index contributed by atoms with van der Waals surface area (Å²) < 4.78 is 1.99. The van der Waals surface area contributed by atoms with Gasteiger partial charge in [0.25, 0.3) is 11.8 Å². The molecule has 5 aliphatic rings. The first-order valence-electron chi connectivity index (χ1n) is 14.2. The summed E-state index contributed by atoms with van der Waals surface area (Å²) in [7, 11) is 0. The topological polar surface area (TPSA) is 71.4 Å². The van der Waals surface area contributed by atoms with E-state index in [0.29, 0.717) is 16.3 Å². The molecule has 6 nitrogen and oxygen atoms in total. The third-order valence-electron chi connectivity index (χ3n) is 9.74. The highest BCUT2D eigenvalue weighted by molar-refractivity contribution is 6.39. The van der Waals surface area contributed by atoms with Crippen LogP contribution in [-0.4, -0.2) is 22.4 Å². The van der Waals surface area contributed by atoms with Crippen molar-refractivity contribution >= 4 is 41.2 Å². The van der Waals surface area contributed by atoms with Crippen LogP contribution in [0.5, 0.6) is 0 Å². The van der Waals surface area contributed by atoms with E-state index in [1.807, 2.05) is 60.9 Å². The van der Waals surface area contributed by atoms with E-state index in [9.17, 15) is 14.4 Å². The Kier molecular flexibility index (Phi) is 5.83. The predicted molar refractivity (Wildman–Crippen MR) is 156 cm³/mol. The maximum atomic E-state index is 13.6.